The summed E-state index contributed by atoms with van der Waals surface area (Å²) in [5.74, 6) is 1.75. The van der Waals surface area contributed by atoms with Crippen molar-refractivity contribution in [3.05, 3.63) is 24.3 Å². The van der Waals surface area contributed by atoms with Gasteiger partial charge in [0.1, 0.15) is 6.61 Å². The van der Waals surface area contributed by atoms with Gasteiger partial charge in [-0.3, -0.25) is 0 Å². The van der Waals surface area contributed by atoms with E-state index in [0.717, 1.165) is 18.0 Å². The van der Waals surface area contributed by atoms with Gasteiger partial charge in [-0.15, -0.1) is 0 Å². The van der Waals surface area contributed by atoms with E-state index in [-0.39, 0.29) is 18.6 Å². The summed E-state index contributed by atoms with van der Waals surface area (Å²) in [6.07, 6.45) is 0. The molecule has 102 valence electrons. The van der Waals surface area contributed by atoms with E-state index in [4.69, 9.17) is 14.6 Å². The molecule has 0 saturated heterocycles. The highest BCUT2D eigenvalue weighted by Crippen LogP contribution is 2.25. The summed E-state index contributed by atoms with van der Waals surface area (Å²) in [5.41, 5.74) is 0. The molecule has 18 heavy (non-hydrogen) atoms. The summed E-state index contributed by atoms with van der Waals surface area (Å²) in [4.78, 5) is 0. The molecule has 1 rings (SSSR count). The molecule has 0 amide bonds. The number of aliphatic hydroxyl groups is 1. The van der Waals surface area contributed by atoms with Crippen LogP contribution >= 0.6 is 0 Å². The van der Waals surface area contributed by atoms with Gasteiger partial charge in [0.2, 0.25) is 0 Å². The molecule has 0 radical (unpaired) electrons. The number of para-hydroxylation sites is 2. The fraction of sp³-hybridized carbons (Fsp3) is 0.571. The lowest BCUT2D eigenvalue weighted by Gasteiger charge is -2.19. The van der Waals surface area contributed by atoms with E-state index < -0.39 is 0 Å². The Morgan fingerprint density at radius 3 is 2.50 bits per heavy atom. The van der Waals surface area contributed by atoms with E-state index in [0.29, 0.717) is 6.61 Å². The molecule has 1 aromatic carbocycles. The van der Waals surface area contributed by atoms with Crippen molar-refractivity contribution in [3.8, 4) is 11.5 Å². The summed E-state index contributed by atoms with van der Waals surface area (Å²) >= 11 is 0. The van der Waals surface area contributed by atoms with E-state index in [1.54, 1.807) is 7.11 Å². The highest BCUT2D eigenvalue weighted by molar-refractivity contribution is 5.39. The molecule has 0 aliphatic rings. The quantitative estimate of drug-likeness (QED) is 0.692. The van der Waals surface area contributed by atoms with Crippen molar-refractivity contribution in [1.29, 1.82) is 0 Å². The second-order valence-electron chi connectivity index (χ2n) is 4.40. The topological polar surface area (TPSA) is 50.7 Å². The van der Waals surface area contributed by atoms with Crippen LogP contribution in [0.1, 0.15) is 13.8 Å². The second kappa shape index (κ2) is 7.95. The van der Waals surface area contributed by atoms with Crippen LogP contribution in [0.25, 0.3) is 0 Å². The number of hydrogen-bond donors (Lipinski definition) is 2. The first-order valence-corrected chi connectivity index (χ1v) is 6.29. The maximum atomic E-state index is 9.02. The normalized spacial score (nSPS) is 14.0. The van der Waals surface area contributed by atoms with Crippen LogP contribution in [0.2, 0.25) is 0 Å². The molecule has 4 nitrogen and oxygen atoms in total. The van der Waals surface area contributed by atoms with Crippen molar-refractivity contribution in [3.63, 3.8) is 0 Å². The van der Waals surface area contributed by atoms with Gasteiger partial charge in [0, 0.05) is 19.2 Å². The highest BCUT2D eigenvalue weighted by Gasteiger charge is 2.09. The molecule has 0 bridgehead atoms. The number of nitrogens with one attached hydrogen (secondary N) is 1. The van der Waals surface area contributed by atoms with Crippen LogP contribution in [0.4, 0.5) is 0 Å². The van der Waals surface area contributed by atoms with Crippen LogP contribution in [0.15, 0.2) is 24.3 Å². The highest BCUT2D eigenvalue weighted by atomic mass is 16.5. The predicted octanol–water partition coefficient (Wildman–Crippen LogP) is 1.68. The van der Waals surface area contributed by atoms with Crippen molar-refractivity contribution in [2.75, 3.05) is 26.9 Å². The lowest BCUT2D eigenvalue weighted by molar-refractivity contribution is 0.201. The third kappa shape index (κ3) is 4.55. The van der Waals surface area contributed by atoms with Gasteiger partial charge < -0.3 is 19.9 Å². The monoisotopic (exact) mass is 253 g/mol. The fourth-order valence-electron chi connectivity index (χ4n) is 1.54. The van der Waals surface area contributed by atoms with E-state index in [1.807, 2.05) is 31.2 Å². The molecule has 2 unspecified atom stereocenters. The Bertz CT molecular complexity index is 344. The van der Waals surface area contributed by atoms with Crippen LogP contribution in [0.5, 0.6) is 11.5 Å². The summed E-state index contributed by atoms with van der Waals surface area (Å²) in [5, 5.41) is 12.3. The van der Waals surface area contributed by atoms with Crippen LogP contribution in [-0.4, -0.2) is 38.0 Å². The number of hydrogen-bond acceptors (Lipinski definition) is 4. The number of rotatable bonds is 8. The van der Waals surface area contributed by atoms with Gasteiger partial charge in [0.25, 0.3) is 0 Å². The summed E-state index contributed by atoms with van der Waals surface area (Å²) < 4.78 is 10.8. The molecule has 1 aromatic rings. The molecule has 0 aromatic heterocycles. The van der Waals surface area contributed by atoms with Gasteiger partial charge >= 0.3 is 0 Å². The number of ether oxygens (including phenoxy) is 2. The first-order valence-electron chi connectivity index (χ1n) is 6.29. The molecule has 0 aliphatic carbocycles. The summed E-state index contributed by atoms with van der Waals surface area (Å²) in [6, 6.07) is 7.87. The molecule has 4 heteroatoms. The molecule has 0 spiro atoms. The molecule has 0 fully saturated rings. The Morgan fingerprint density at radius 1 is 1.22 bits per heavy atom. The van der Waals surface area contributed by atoms with Crippen molar-refractivity contribution in [2.45, 2.75) is 19.9 Å². The van der Waals surface area contributed by atoms with Crippen LogP contribution < -0.4 is 14.8 Å². The zero-order valence-corrected chi connectivity index (χ0v) is 11.3. The van der Waals surface area contributed by atoms with Crippen LogP contribution in [0, 0.1) is 5.92 Å². The largest absolute Gasteiger partial charge is 0.493 e. The SMILES string of the molecule is COc1ccccc1OCCNC(C)C(C)CO. The zero-order valence-electron chi connectivity index (χ0n) is 11.3. The molecule has 0 aliphatic heterocycles. The Morgan fingerprint density at radius 2 is 1.89 bits per heavy atom. The molecule has 2 atom stereocenters. The van der Waals surface area contributed by atoms with Crippen LogP contribution in [0.3, 0.4) is 0 Å². The lowest BCUT2D eigenvalue weighted by atomic mass is 10.1. The minimum Gasteiger partial charge on any atom is -0.493 e. The Kier molecular flexibility index (Phi) is 6.54. The summed E-state index contributed by atoms with van der Waals surface area (Å²) in [7, 11) is 1.63. The second-order valence-corrected chi connectivity index (χ2v) is 4.40. The average Bonchev–Trinajstić information content (AvgIpc) is 2.42. The van der Waals surface area contributed by atoms with Gasteiger partial charge in [-0.1, -0.05) is 19.1 Å². The Labute approximate surface area is 109 Å². The molecule has 2 N–H and O–H groups in total. The smallest absolute Gasteiger partial charge is 0.161 e. The van der Waals surface area contributed by atoms with E-state index in [9.17, 15) is 0 Å². The molecular weight excluding hydrogens is 230 g/mol. The first kappa shape index (κ1) is 14.8. The first-order chi connectivity index (χ1) is 8.69. The Balaban J connectivity index is 2.29. The molecule has 0 saturated carbocycles. The van der Waals surface area contributed by atoms with E-state index >= 15 is 0 Å². The van der Waals surface area contributed by atoms with Gasteiger partial charge in [0.05, 0.1) is 7.11 Å². The Hall–Kier alpha value is -1.26. The van der Waals surface area contributed by atoms with Crippen molar-refractivity contribution in [1.82, 2.24) is 5.32 Å². The minimum absolute atomic E-state index is 0.196. The van der Waals surface area contributed by atoms with Crippen molar-refractivity contribution < 1.29 is 14.6 Å². The van der Waals surface area contributed by atoms with E-state index in [2.05, 4.69) is 12.2 Å². The fourth-order valence-corrected chi connectivity index (χ4v) is 1.54. The molecule has 0 heterocycles. The number of aliphatic hydroxyl groups excluding tert-OH is 1. The lowest BCUT2D eigenvalue weighted by Crippen LogP contribution is -2.36. The standard InChI is InChI=1S/C14H23NO3/c1-11(10-16)12(2)15-8-9-18-14-7-5-4-6-13(14)17-3/h4-7,11-12,15-16H,8-10H2,1-3H3. The van der Waals surface area contributed by atoms with Gasteiger partial charge in [-0.05, 0) is 25.0 Å². The predicted molar refractivity (Wildman–Crippen MR) is 72.2 cm³/mol. The zero-order chi connectivity index (χ0) is 13.4. The maximum Gasteiger partial charge on any atom is 0.161 e. The van der Waals surface area contributed by atoms with Crippen molar-refractivity contribution >= 4 is 0 Å². The number of methoxy groups -OCH3 is 1. The third-order valence-electron chi connectivity index (χ3n) is 3.04. The minimum atomic E-state index is 0.196. The van der Waals surface area contributed by atoms with Gasteiger partial charge in [-0.25, -0.2) is 0 Å². The summed E-state index contributed by atoms with van der Waals surface area (Å²) in [6.45, 7) is 5.58. The van der Waals surface area contributed by atoms with E-state index in [1.165, 1.54) is 0 Å². The number of benzene rings is 1. The van der Waals surface area contributed by atoms with Gasteiger partial charge in [-0.2, -0.15) is 0 Å². The van der Waals surface area contributed by atoms with Gasteiger partial charge in [0.15, 0.2) is 11.5 Å². The average molecular weight is 253 g/mol. The maximum absolute atomic E-state index is 9.02. The third-order valence-corrected chi connectivity index (χ3v) is 3.04. The van der Waals surface area contributed by atoms with Crippen LogP contribution in [-0.2, 0) is 0 Å². The van der Waals surface area contributed by atoms with Crippen molar-refractivity contribution in [2.24, 2.45) is 5.92 Å². The molecular formula is C14H23NO3.